The van der Waals surface area contributed by atoms with Crippen molar-refractivity contribution < 1.29 is 55.7 Å². The van der Waals surface area contributed by atoms with Gasteiger partial charge in [0.15, 0.2) is 0 Å². The number of ether oxygens (including phenoxy) is 1. The second-order valence-corrected chi connectivity index (χ2v) is 7.59. The van der Waals surface area contributed by atoms with Crippen LogP contribution in [-0.2, 0) is 9.59 Å². The molecule has 3 rings (SSSR count). The molecule has 0 aliphatic heterocycles. The van der Waals surface area contributed by atoms with Crippen LogP contribution in [0.1, 0.15) is 15.9 Å². The third-order valence-corrected chi connectivity index (χ3v) is 4.40. The summed E-state index contributed by atoms with van der Waals surface area (Å²) in [5.74, 6) is -5.09. The van der Waals surface area contributed by atoms with Crippen molar-refractivity contribution >= 4 is 35.1 Å². The van der Waals surface area contributed by atoms with Crippen LogP contribution in [0.25, 0.3) is 0 Å². The maximum absolute atomic E-state index is 12.2. The molecule has 0 saturated carbocycles. The molecule has 0 saturated heterocycles. The summed E-state index contributed by atoms with van der Waals surface area (Å²) in [5, 5.41) is 27.7. The minimum atomic E-state index is -5.08. The summed E-state index contributed by atoms with van der Waals surface area (Å²) < 4.78 is 69.1. The summed E-state index contributed by atoms with van der Waals surface area (Å²) in [6, 6.07) is 17.9. The van der Waals surface area contributed by atoms with Crippen molar-refractivity contribution in [3.63, 3.8) is 0 Å². The fourth-order valence-electron chi connectivity index (χ4n) is 2.50. The van der Waals surface area contributed by atoms with Gasteiger partial charge in [0.2, 0.25) is 0 Å². The number of benzene rings is 2. The van der Waals surface area contributed by atoms with Crippen LogP contribution in [-0.4, -0.2) is 64.4 Å². The number of anilines is 2. The number of aromatic nitrogens is 1. The Labute approximate surface area is 233 Å². The first-order valence-electron chi connectivity index (χ1n) is 11.2. The summed E-state index contributed by atoms with van der Waals surface area (Å²) in [7, 11) is 0. The Hall–Kier alpha value is -5.35. The van der Waals surface area contributed by atoms with Gasteiger partial charge in [0.05, 0.1) is 6.54 Å². The average molecular weight is 603 g/mol. The summed E-state index contributed by atoms with van der Waals surface area (Å²) in [5.41, 5.74) is 8.44. The highest BCUT2D eigenvalue weighted by atomic mass is 19.4. The Morgan fingerprint density at radius 3 is 1.81 bits per heavy atom. The molecule has 3 aromatic rings. The molecule has 1 amide bonds. The largest absolute Gasteiger partial charge is 0.492 e. The van der Waals surface area contributed by atoms with Crippen molar-refractivity contribution in [1.82, 2.24) is 10.3 Å². The van der Waals surface area contributed by atoms with E-state index in [0.29, 0.717) is 30.0 Å². The topological polar surface area (TPSA) is 188 Å². The Bertz CT molecular complexity index is 1310. The molecule has 11 nitrogen and oxygen atoms in total. The van der Waals surface area contributed by atoms with Crippen molar-refractivity contribution in [3.05, 3.63) is 84.2 Å². The van der Waals surface area contributed by atoms with Crippen LogP contribution in [0.2, 0.25) is 0 Å². The quantitative estimate of drug-likeness (QED) is 0.0950. The number of nitrogen functional groups attached to an aromatic ring is 1. The van der Waals surface area contributed by atoms with Crippen molar-refractivity contribution in [2.24, 2.45) is 5.73 Å². The van der Waals surface area contributed by atoms with Crippen LogP contribution >= 0.6 is 0 Å². The number of carboxylic acid groups (broad SMARTS) is 2. The number of nitrogens with two attached hydrogens (primary N) is 1. The van der Waals surface area contributed by atoms with E-state index in [1.165, 1.54) is 0 Å². The molecule has 2 aromatic carbocycles. The molecule has 0 atom stereocenters. The lowest BCUT2D eigenvalue weighted by molar-refractivity contribution is -0.193. The number of carbonyl (C=O) groups is 3. The Balaban J connectivity index is 0.000000522. The predicted octanol–water partition coefficient (Wildman–Crippen LogP) is 4.18. The maximum atomic E-state index is 12.2. The Morgan fingerprint density at radius 2 is 1.33 bits per heavy atom. The molecule has 0 bridgehead atoms. The smallest absolute Gasteiger partial charge is 0.490 e. The van der Waals surface area contributed by atoms with E-state index in [9.17, 15) is 31.1 Å². The Kier molecular flexibility index (Phi) is 13.2. The highest BCUT2D eigenvalue weighted by molar-refractivity contribution is 5.95. The molecule has 0 unspecified atom stereocenters. The molecule has 0 aliphatic rings. The molecule has 17 heteroatoms. The van der Waals surface area contributed by atoms with Gasteiger partial charge in [-0.3, -0.25) is 15.2 Å². The van der Waals surface area contributed by atoms with Crippen LogP contribution in [0.5, 0.6) is 5.75 Å². The molecule has 0 aliphatic carbocycles. The number of nitrogens with one attached hydrogen (secondary N) is 3. The van der Waals surface area contributed by atoms with E-state index in [2.05, 4.69) is 15.6 Å². The average Bonchev–Trinajstić information content (AvgIpc) is 2.92. The van der Waals surface area contributed by atoms with Crippen LogP contribution in [0.3, 0.4) is 0 Å². The van der Waals surface area contributed by atoms with Gasteiger partial charge < -0.3 is 31.3 Å². The number of rotatable bonds is 8. The summed E-state index contributed by atoms with van der Waals surface area (Å²) in [6.07, 6.45) is -6.74. The Morgan fingerprint density at radius 1 is 0.833 bits per heavy atom. The third-order valence-electron chi connectivity index (χ3n) is 4.40. The number of alkyl halides is 6. The first-order valence-corrected chi connectivity index (χ1v) is 11.2. The lowest BCUT2D eigenvalue weighted by atomic mass is 10.2. The van der Waals surface area contributed by atoms with E-state index in [4.69, 9.17) is 35.7 Å². The van der Waals surface area contributed by atoms with E-state index in [1.54, 1.807) is 48.8 Å². The van der Waals surface area contributed by atoms with E-state index in [-0.39, 0.29) is 11.7 Å². The standard InChI is InChI=1S/C21H21N5O2.2C2HF3O2/c22-20(23)16-2-1-3-19(14-16)28-13-12-25-21(27)15-4-6-17(7-5-15)26-18-8-10-24-11-9-18;2*3-2(4,5)1(6)7/h1-11,14H,12-13H2,(H3,22,23)(H,24,26)(H,25,27);2*(H,6,7). The monoisotopic (exact) mass is 603 g/mol. The fourth-order valence-corrected chi connectivity index (χ4v) is 2.50. The highest BCUT2D eigenvalue weighted by Gasteiger charge is 2.38. The van der Waals surface area contributed by atoms with Gasteiger partial charge >= 0.3 is 24.3 Å². The molecular weight excluding hydrogens is 580 g/mol. The maximum Gasteiger partial charge on any atom is 0.490 e. The van der Waals surface area contributed by atoms with E-state index in [0.717, 1.165) is 11.4 Å². The second kappa shape index (κ2) is 16.0. The SMILES string of the molecule is N=C(N)c1cccc(OCCNC(=O)c2ccc(Nc3ccncc3)cc2)c1.O=C(O)C(F)(F)F.O=C(O)C(F)(F)F. The molecule has 7 N–H and O–H groups in total. The molecule has 0 spiro atoms. The zero-order chi connectivity index (χ0) is 31.9. The minimum Gasteiger partial charge on any atom is -0.492 e. The predicted molar refractivity (Wildman–Crippen MR) is 137 cm³/mol. The molecule has 1 aromatic heterocycles. The van der Waals surface area contributed by atoms with Gasteiger partial charge in [-0.15, -0.1) is 0 Å². The number of amidine groups is 1. The minimum absolute atomic E-state index is 0.0133. The summed E-state index contributed by atoms with van der Waals surface area (Å²) >= 11 is 0. The first kappa shape index (κ1) is 34.7. The van der Waals surface area contributed by atoms with Crippen LogP contribution in [0.15, 0.2) is 73.1 Å². The van der Waals surface area contributed by atoms with Gasteiger partial charge in [-0.05, 0) is 48.5 Å². The van der Waals surface area contributed by atoms with Gasteiger partial charge in [-0.25, -0.2) is 9.59 Å². The van der Waals surface area contributed by atoms with Gasteiger partial charge in [-0.2, -0.15) is 26.3 Å². The number of hydrogen-bond donors (Lipinski definition) is 6. The third kappa shape index (κ3) is 13.6. The number of pyridine rings is 1. The number of nitrogens with zero attached hydrogens (tertiary/aromatic N) is 1. The summed E-state index contributed by atoms with van der Waals surface area (Å²) in [4.78, 5) is 34.0. The van der Waals surface area contributed by atoms with Gasteiger partial charge in [0.1, 0.15) is 18.2 Å². The number of amides is 1. The van der Waals surface area contributed by atoms with E-state index < -0.39 is 24.3 Å². The van der Waals surface area contributed by atoms with Gasteiger partial charge in [0.25, 0.3) is 5.91 Å². The summed E-state index contributed by atoms with van der Waals surface area (Å²) in [6.45, 7) is 0.676. The lowest BCUT2D eigenvalue weighted by Gasteiger charge is -2.10. The van der Waals surface area contributed by atoms with Crippen LogP contribution < -0.4 is 21.1 Å². The first-order chi connectivity index (χ1) is 19.5. The number of carbonyl (C=O) groups excluding carboxylic acids is 1. The van der Waals surface area contributed by atoms with Crippen molar-refractivity contribution in [3.8, 4) is 5.75 Å². The molecule has 1 heterocycles. The number of halogens is 6. The molecule has 0 fully saturated rings. The van der Waals surface area contributed by atoms with E-state index in [1.807, 2.05) is 24.3 Å². The zero-order valence-corrected chi connectivity index (χ0v) is 21.2. The number of carboxylic acids is 2. The lowest BCUT2D eigenvalue weighted by Crippen LogP contribution is -2.28. The molecule has 42 heavy (non-hydrogen) atoms. The van der Waals surface area contributed by atoms with Crippen LogP contribution in [0, 0.1) is 5.41 Å². The van der Waals surface area contributed by atoms with E-state index >= 15 is 0 Å². The van der Waals surface area contributed by atoms with Gasteiger partial charge in [0, 0.05) is 34.9 Å². The molecule has 0 radical (unpaired) electrons. The van der Waals surface area contributed by atoms with Gasteiger partial charge in [-0.1, -0.05) is 12.1 Å². The fraction of sp³-hybridized carbons (Fsp3) is 0.160. The normalized spacial score (nSPS) is 10.5. The molecule has 226 valence electrons. The highest BCUT2D eigenvalue weighted by Crippen LogP contribution is 2.17. The van der Waals surface area contributed by atoms with Crippen molar-refractivity contribution in [2.75, 3.05) is 18.5 Å². The number of aliphatic carboxylic acids is 2. The van der Waals surface area contributed by atoms with Crippen LogP contribution in [0.4, 0.5) is 37.7 Å². The van der Waals surface area contributed by atoms with Crippen molar-refractivity contribution in [1.29, 1.82) is 5.41 Å². The number of hydrogen-bond acceptors (Lipinski definition) is 7. The van der Waals surface area contributed by atoms with Crippen molar-refractivity contribution in [2.45, 2.75) is 12.4 Å². The zero-order valence-electron chi connectivity index (χ0n) is 21.2. The second-order valence-electron chi connectivity index (χ2n) is 7.59. The molecular formula is C25H23F6N5O6.